The summed E-state index contributed by atoms with van der Waals surface area (Å²) < 4.78 is 27.6. The molecule has 0 fully saturated rings. The number of halogens is 1. The second kappa shape index (κ2) is 5.26. The quantitative estimate of drug-likeness (QED) is 0.820. The van der Waals surface area contributed by atoms with E-state index in [0.717, 1.165) is 14.9 Å². The fraction of sp³-hybridized carbons (Fsp3) is 0. The fourth-order valence-corrected chi connectivity index (χ4v) is 4.15. The predicted octanol–water partition coefficient (Wildman–Crippen LogP) is 3.03. The van der Waals surface area contributed by atoms with Crippen molar-refractivity contribution in [3.63, 3.8) is 0 Å². The maximum Gasteiger partial charge on any atom is 0.271 e. The molecule has 0 unspecified atom stereocenters. The predicted molar refractivity (Wildman–Crippen MR) is 79.0 cm³/mol. The number of sulfonamides is 1. The fourth-order valence-electron chi connectivity index (χ4n) is 1.26. The molecule has 0 aliphatic rings. The SMILES string of the molecule is N#Cc1ccc(S(=O)(=O)Nc2ccccc2I)s1. The van der Waals surface area contributed by atoms with Crippen LogP contribution < -0.4 is 4.72 Å². The monoisotopic (exact) mass is 390 g/mol. The Morgan fingerprint density at radius 1 is 1.22 bits per heavy atom. The molecule has 1 heterocycles. The topological polar surface area (TPSA) is 70.0 Å². The van der Waals surface area contributed by atoms with Gasteiger partial charge in [0.05, 0.1) is 5.69 Å². The minimum atomic E-state index is -3.61. The van der Waals surface area contributed by atoms with Gasteiger partial charge in [0.2, 0.25) is 0 Å². The lowest BCUT2D eigenvalue weighted by atomic mass is 10.3. The van der Waals surface area contributed by atoms with Crippen LogP contribution in [0.2, 0.25) is 0 Å². The van der Waals surface area contributed by atoms with Gasteiger partial charge in [-0.3, -0.25) is 4.72 Å². The molecule has 0 saturated carbocycles. The zero-order valence-electron chi connectivity index (χ0n) is 8.92. The van der Waals surface area contributed by atoms with Gasteiger partial charge in [0, 0.05) is 3.57 Å². The van der Waals surface area contributed by atoms with Crippen molar-refractivity contribution in [3.05, 3.63) is 44.8 Å². The van der Waals surface area contributed by atoms with E-state index in [-0.39, 0.29) is 4.21 Å². The van der Waals surface area contributed by atoms with E-state index in [1.165, 1.54) is 12.1 Å². The van der Waals surface area contributed by atoms with Gasteiger partial charge in [-0.25, -0.2) is 8.42 Å². The Labute approximate surface area is 122 Å². The van der Waals surface area contributed by atoms with Crippen molar-refractivity contribution in [1.82, 2.24) is 0 Å². The normalized spacial score (nSPS) is 10.9. The Morgan fingerprint density at radius 3 is 2.56 bits per heavy atom. The van der Waals surface area contributed by atoms with Crippen molar-refractivity contribution in [1.29, 1.82) is 5.26 Å². The molecule has 2 rings (SSSR count). The van der Waals surface area contributed by atoms with Crippen LogP contribution >= 0.6 is 33.9 Å². The van der Waals surface area contributed by atoms with Crippen LogP contribution in [-0.4, -0.2) is 8.42 Å². The van der Waals surface area contributed by atoms with Gasteiger partial charge in [-0.15, -0.1) is 11.3 Å². The minimum Gasteiger partial charge on any atom is -0.278 e. The number of nitrogens with one attached hydrogen (secondary N) is 1. The highest BCUT2D eigenvalue weighted by molar-refractivity contribution is 14.1. The number of benzene rings is 1. The smallest absolute Gasteiger partial charge is 0.271 e. The summed E-state index contributed by atoms with van der Waals surface area (Å²) in [6.45, 7) is 0. The molecule has 0 radical (unpaired) electrons. The lowest BCUT2D eigenvalue weighted by molar-refractivity contribution is 0.603. The molecule has 4 nitrogen and oxygen atoms in total. The van der Waals surface area contributed by atoms with Crippen molar-refractivity contribution in [2.24, 2.45) is 0 Å². The number of para-hydroxylation sites is 1. The summed E-state index contributed by atoms with van der Waals surface area (Å²) in [4.78, 5) is 0.373. The second-order valence-electron chi connectivity index (χ2n) is 3.32. The van der Waals surface area contributed by atoms with Crippen LogP contribution in [0.5, 0.6) is 0 Å². The van der Waals surface area contributed by atoms with E-state index in [2.05, 4.69) is 27.3 Å². The second-order valence-corrected chi connectivity index (χ2v) is 7.47. The Balaban J connectivity index is 2.34. The molecule has 0 atom stereocenters. The number of anilines is 1. The molecular weight excluding hydrogens is 383 g/mol. The number of nitrogens with zero attached hydrogens (tertiary/aromatic N) is 1. The highest BCUT2D eigenvalue weighted by atomic mass is 127. The Hall–Kier alpha value is -1.11. The molecule has 0 bridgehead atoms. The molecule has 18 heavy (non-hydrogen) atoms. The van der Waals surface area contributed by atoms with E-state index in [1.54, 1.807) is 12.1 Å². The van der Waals surface area contributed by atoms with Gasteiger partial charge >= 0.3 is 0 Å². The van der Waals surface area contributed by atoms with Crippen molar-refractivity contribution in [2.75, 3.05) is 4.72 Å². The summed E-state index contributed by atoms with van der Waals surface area (Å²) >= 11 is 3.01. The number of hydrogen-bond acceptors (Lipinski definition) is 4. The Morgan fingerprint density at radius 2 is 1.94 bits per heavy atom. The summed E-state index contributed by atoms with van der Waals surface area (Å²) in [5.74, 6) is 0. The number of nitriles is 1. The van der Waals surface area contributed by atoms with Crippen molar-refractivity contribution in [2.45, 2.75) is 4.21 Å². The molecule has 0 aliphatic carbocycles. The third-order valence-corrected chi connectivity index (χ3v) is 5.86. The van der Waals surface area contributed by atoms with Gasteiger partial charge in [0.1, 0.15) is 15.2 Å². The maximum absolute atomic E-state index is 12.1. The summed E-state index contributed by atoms with van der Waals surface area (Å²) in [5, 5.41) is 8.69. The van der Waals surface area contributed by atoms with Crippen molar-refractivity contribution < 1.29 is 8.42 Å². The van der Waals surface area contributed by atoms with Crippen molar-refractivity contribution in [3.8, 4) is 6.07 Å². The number of thiophene rings is 1. The van der Waals surface area contributed by atoms with Crippen LogP contribution in [0.3, 0.4) is 0 Å². The van der Waals surface area contributed by atoms with Gasteiger partial charge in [0.15, 0.2) is 0 Å². The zero-order chi connectivity index (χ0) is 13.2. The highest BCUT2D eigenvalue weighted by Crippen LogP contribution is 2.25. The number of hydrogen-bond donors (Lipinski definition) is 1. The first-order valence-electron chi connectivity index (χ1n) is 4.80. The van der Waals surface area contributed by atoms with E-state index < -0.39 is 10.0 Å². The summed E-state index contributed by atoms with van der Waals surface area (Å²) in [6.07, 6.45) is 0. The van der Waals surface area contributed by atoms with Crippen LogP contribution in [0.25, 0.3) is 0 Å². The van der Waals surface area contributed by atoms with Gasteiger partial charge < -0.3 is 0 Å². The largest absolute Gasteiger partial charge is 0.278 e. The van der Waals surface area contributed by atoms with E-state index in [9.17, 15) is 8.42 Å². The van der Waals surface area contributed by atoms with Crippen molar-refractivity contribution >= 4 is 49.6 Å². The third kappa shape index (κ3) is 2.82. The average Bonchev–Trinajstić information content (AvgIpc) is 2.81. The molecule has 0 saturated heterocycles. The van der Waals surface area contributed by atoms with E-state index in [4.69, 9.17) is 5.26 Å². The summed E-state index contributed by atoms with van der Waals surface area (Å²) in [5.41, 5.74) is 0.532. The minimum absolute atomic E-state index is 0.138. The Bertz CT molecular complexity index is 717. The first-order valence-corrected chi connectivity index (χ1v) is 8.18. The van der Waals surface area contributed by atoms with Gasteiger partial charge in [-0.2, -0.15) is 5.26 Å². The summed E-state index contributed by atoms with van der Waals surface area (Å²) in [7, 11) is -3.61. The molecule has 0 aliphatic heterocycles. The zero-order valence-corrected chi connectivity index (χ0v) is 12.7. The van der Waals surface area contributed by atoms with Gasteiger partial charge in [-0.05, 0) is 46.9 Å². The lowest BCUT2D eigenvalue weighted by Crippen LogP contribution is -2.12. The first-order chi connectivity index (χ1) is 8.53. The first kappa shape index (κ1) is 13.3. The average molecular weight is 390 g/mol. The molecule has 92 valence electrons. The van der Waals surface area contributed by atoms with Crippen LogP contribution in [0, 0.1) is 14.9 Å². The van der Waals surface area contributed by atoms with E-state index in [0.29, 0.717) is 10.6 Å². The molecule has 1 aromatic heterocycles. The standard InChI is InChI=1S/C11H7IN2O2S2/c12-9-3-1-2-4-10(9)14-18(15,16)11-6-5-8(7-13)17-11/h1-6,14H. The molecular formula is C11H7IN2O2S2. The van der Waals surface area contributed by atoms with Gasteiger partial charge in [-0.1, -0.05) is 12.1 Å². The third-order valence-electron chi connectivity index (χ3n) is 2.07. The molecule has 7 heteroatoms. The molecule has 1 N–H and O–H groups in total. The lowest BCUT2D eigenvalue weighted by Gasteiger charge is -2.07. The molecule has 0 spiro atoms. The molecule has 1 aromatic carbocycles. The summed E-state index contributed by atoms with van der Waals surface area (Å²) in [6, 6.07) is 11.9. The molecule has 0 amide bonds. The van der Waals surface area contributed by atoms with E-state index in [1.807, 2.05) is 18.2 Å². The molecule has 2 aromatic rings. The van der Waals surface area contributed by atoms with Crippen LogP contribution in [-0.2, 0) is 10.0 Å². The van der Waals surface area contributed by atoms with E-state index >= 15 is 0 Å². The highest BCUT2D eigenvalue weighted by Gasteiger charge is 2.17. The van der Waals surface area contributed by atoms with Gasteiger partial charge in [0.25, 0.3) is 10.0 Å². The number of rotatable bonds is 3. The Kier molecular flexibility index (Phi) is 3.89. The van der Waals surface area contributed by atoms with Crippen LogP contribution in [0.1, 0.15) is 4.88 Å². The van der Waals surface area contributed by atoms with Crippen LogP contribution in [0.15, 0.2) is 40.6 Å². The van der Waals surface area contributed by atoms with Crippen LogP contribution in [0.4, 0.5) is 5.69 Å². The maximum atomic E-state index is 12.1.